The molecule has 74 valence electrons. The van der Waals surface area contributed by atoms with Crippen LogP contribution in [0.5, 0.6) is 0 Å². The molecule has 1 saturated heterocycles. The second kappa shape index (κ2) is 2.98. The van der Waals surface area contributed by atoms with Crippen LogP contribution in [-0.2, 0) is 6.42 Å². The van der Waals surface area contributed by atoms with Gasteiger partial charge in [0.1, 0.15) is 0 Å². The minimum Gasteiger partial charge on any atom is -0.316 e. The molecule has 0 aromatic heterocycles. The van der Waals surface area contributed by atoms with Gasteiger partial charge in [-0.1, -0.05) is 29.8 Å². The Morgan fingerprint density at radius 2 is 2.29 bits per heavy atom. The van der Waals surface area contributed by atoms with Crippen molar-refractivity contribution in [2.24, 2.45) is 11.3 Å². The zero-order chi connectivity index (χ0) is 9.60. The Labute approximate surface area is 89.5 Å². The van der Waals surface area contributed by atoms with Crippen LogP contribution in [0.15, 0.2) is 24.3 Å². The van der Waals surface area contributed by atoms with Gasteiger partial charge in [-0.3, -0.25) is 0 Å². The fraction of sp³-hybridized carbons (Fsp3) is 0.500. The molecule has 2 unspecified atom stereocenters. The fourth-order valence-electron chi connectivity index (χ4n) is 2.73. The molecule has 0 spiro atoms. The summed E-state index contributed by atoms with van der Waals surface area (Å²) in [5.74, 6) is 0.916. The van der Waals surface area contributed by atoms with Crippen LogP contribution in [0.2, 0.25) is 5.02 Å². The van der Waals surface area contributed by atoms with Crippen molar-refractivity contribution >= 4 is 11.6 Å². The standard InChI is InChI=1S/C12H14ClN/c13-11-4-2-1-3-9(11)5-12-6-10(12)7-14-8-12/h1-4,10,14H,5-8H2. The Kier molecular flexibility index (Phi) is 1.86. The van der Waals surface area contributed by atoms with Gasteiger partial charge in [-0.05, 0) is 42.3 Å². The first-order valence-corrected chi connectivity index (χ1v) is 5.62. The number of piperidine rings is 1. The molecule has 14 heavy (non-hydrogen) atoms. The summed E-state index contributed by atoms with van der Waals surface area (Å²) in [6.45, 7) is 2.40. The first-order chi connectivity index (χ1) is 6.80. The van der Waals surface area contributed by atoms with E-state index in [0.717, 1.165) is 17.4 Å². The van der Waals surface area contributed by atoms with Crippen LogP contribution in [-0.4, -0.2) is 13.1 Å². The maximum Gasteiger partial charge on any atom is 0.0438 e. The molecule has 0 amide bonds. The molecule has 3 rings (SSSR count). The van der Waals surface area contributed by atoms with Crippen molar-refractivity contribution in [2.75, 3.05) is 13.1 Å². The number of hydrogen-bond donors (Lipinski definition) is 1. The summed E-state index contributed by atoms with van der Waals surface area (Å²) in [6.07, 6.45) is 2.55. The molecule has 1 aliphatic heterocycles. The SMILES string of the molecule is Clc1ccccc1CC12CNCC1C2. The molecule has 1 N–H and O–H groups in total. The molecule has 2 heteroatoms. The Morgan fingerprint density at radius 3 is 2.93 bits per heavy atom. The number of nitrogens with one attached hydrogen (secondary N) is 1. The van der Waals surface area contributed by atoms with Crippen LogP contribution in [0.1, 0.15) is 12.0 Å². The van der Waals surface area contributed by atoms with Crippen molar-refractivity contribution in [3.8, 4) is 0 Å². The molecular weight excluding hydrogens is 194 g/mol. The first kappa shape index (κ1) is 8.75. The van der Waals surface area contributed by atoms with Gasteiger partial charge in [0, 0.05) is 11.6 Å². The fourth-order valence-corrected chi connectivity index (χ4v) is 2.93. The molecule has 1 saturated carbocycles. The number of halogens is 1. The van der Waals surface area contributed by atoms with E-state index in [0.29, 0.717) is 5.41 Å². The van der Waals surface area contributed by atoms with E-state index in [1.165, 1.54) is 25.1 Å². The van der Waals surface area contributed by atoms with Crippen molar-refractivity contribution in [1.82, 2.24) is 5.32 Å². The van der Waals surface area contributed by atoms with Gasteiger partial charge in [-0.15, -0.1) is 0 Å². The molecule has 1 aromatic carbocycles. The molecule has 2 fully saturated rings. The average Bonchev–Trinajstić information content (AvgIpc) is 2.72. The van der Waals surface area contributed by atoms with Crippen molar-refractivity contribution in [3.63, 3.8) is 0 Å². The second-order valence-electron chi connectivity index (χ2n) is 4.66. The third-order valence-electron chi connectivity index (χ3n) is 3.73. The van der Waals surface area contributed by atoms with Crippen LogP contribution in [0.25, 0.3) is 0 Å². The molecule has 1 heterocycles. The highest BCUT2D eigenvalue weighted by atomic mass is 35.5. The minimum atomic E-state index is 0.561. The third-order valence-corrected chi connectivity index (χ3v) is 4.10. The summed E-state index contributed by atoms with van der Waals surface area (Å²) in [7, 11) is 0. The van der Waals surface area contributed by atoms with Gasteiger partial charge in [0.15, 0.2) is 0 Å². The van der Waals surface area contributed by atoms with E-state index in [1.54, 1.807) is 0 Å². The van der Waals surface area contributed by atoms with Crippen molar-refractivity contribution in [3.05, 3.63) is 34.9 Å². The second-order valence-corrected chi connectivity index (χ2v) is 5.07. The summed E-state index contributed by atoms with van der Waals surface area (Å²) >= 11 is 6.16. The molecule has 1 aliphatic carbocycles. The van der Waals surface area contributed by atoms with E-state index in [-0.39, 0.29) is 0 Å². The summed E-state index contributed by atoms with van der Waals surface area (Å²) in [5.41, 5.74) is 1.88. The molecule has 2 aliphatic rings. The lowest BCUT2D eigenvalue weighted by molar-refractivity contribution is 0.512. The Bertz CT molecular complexity index is 363. The summed E-state index contributed by atoms with van der Waals surface area (Å²) < 4.78 is 0. The molecular formula is C12H14ClN. The van der Waals surface area contributed by atoms with Crippen molar-refractivity contribution in [1.29, 1.82) is 0 Å². The number of hydrogen-bond acceptors (Lipinski definition) is 1. The highest BCUT2D eigenvalue weighted by molar-refractivity contribution is 6.31. The lowest BCUT2D eigenvalue weighted by atomic mass is 9.96. The molecule has 0 bridgehead atoms. The van der Waals surface area contributed by atoms with Gasteiger partial charge in [0.25, 0.3) is 0 Å². The van der Waals surface area contributed by atoms with Crippen molar-refractivity contribution in [2.45, 2.75) is 12.8 Å². The van der Waals surface area contributed by atoms with Crippen molar-refractivity contribution < 1.29 is 0 Å². The highest BCUT2D eigenvalue weighted by Crippen LogP contribution is 2.57. The lowest BCUT2D eigenvalue weighted by Gasteiger charge is -2.12. The minimum absolute atomic E-state index is 0.561. The van der Waals surface area contributed by atoms with E-state index in [9.17, 15) is 0 Å². The predicted molar refractivity (Wildman–Crippen MR) is 58.6 cm³/mol. The quantitative estimate of drug-likeness (QED) is 0.786. The van der Waals surface area contributed by atoms with Gasteiger partial charge < -0.3 is 5.32 Å². The van der Waals surface area contributed by atoms with Gasteiger partial charge in [0.2, 0.25) is 0 Å². The number of fused-ring (bicyclic) bond motifs is 1. The molecule has 1 aromatic rings. The van der Waals surface area contributed by atoms with Crippen LogP contribution >= 0.6 is 11.6 Å². The van der Waals surface area contributed by atoms with Gasteiger partial charge in [0.05, 0.1) is 0 Å². The Hall–Kier alpha value is -0.530. The predicted octanol–water partition coefficient (Wildman–Crippen LogP) is 2.49. The first-order valence-electron chi connectivity index (χ1n) is 5.24. The van der Waals surface area contributed by atoms with Crippen LogP contribution in [0.3, 0.4) is 0 Å². The maximum absolute atomic E-state index is 6.16. The molecule has 0 radical (unpaired) electrons. The van der Waals surface area contributed by atoms with Crippen LogP contribution in [0.4, 0.5) is 0 Å². The lowest BCUT2D eigenvalue weighted by Crippen LogP contribution is -2.18. The van der Waals surface area contributed by atoms with Gasteiger partial charge in [-0.25, -0.2) is 0 Å². The smallest absolute Gasteiger partial charge is 0.0438 e. The molecule has 2 atom stereocenters. The van der Waals surface area contributed by atoms with E-state index in [2.05, 4.69) is 17.4 Å². The van der Waals surface area contributed by atoms with E-state index >= 15 is 0 Å². The highest BCUT2D eigenvalue weighted by Gasteiger charge is 2.56. The summed E-state index contributed by atoms with van der Waals surface area (Å²) in [6, 6.07) is 8.23. The van der Waals surface area contributed by atoms with Gasteiger partial charge >= 0.3 is 0 Å². The zero-order valence-corrected chi connectivity index (χ0v) is 8.85. The Morgan fingerprint density at radius 1 is 1.43 bits per heavy atom. The van der Waals surface area contributed by atoms with Gasteiger partial charge in [-0.2, -0.15) is 0 Å². The largest absolute Gasteiger partial charge is 0.316 e. The number of benzene rings is 1. The summed E-state index contributed by atoms with van der Waals surface area (Å²) in [5, 5.41) is 4.39. The van der Waals surface area contributed by atoms with E-state index in [1.807, 2.05) is 12.1 Å². The maximum atomic E-state index is 6.16. The third kappa shape index (κ3) is 1.27. The molecule has 1 nitrogen and oxygen atoms in total. The normalized spacial score (nSPS) is 34.2. The Balaban J connectivity index is 1.82. The van der Waals surface area contributed by atoms with E-state index < -0.39 is 0 Å². The van der Waals surface area contributed by atoms with Crippen LogP contribution < -0.4 is 5.32 Å². The zero-order valence-electron chi connectivity index (χ0n) is 8.09. The van der Waals surface area contributed by atoms with E-state index in [4.69, 9.17) is 11.6 Å². The summed E-state index contributed by atoms with van der Waals surface area (Å²) in [4.78, 5) is 0. The monoisotopic (exact) mass is 207 g/mol. The topological polar surface area (TPSA) is 12.0 Å². The van der Waals surface area contributed by atoms with Crippen LogP contribution in [0, 0.1) is 11.3 Å². The number of rotatable bonds is 2. The average molecular weight is 208 g/mol.